The number of nitrogens with one attached hydrogen (secondary N) is 1. The topological polar surface area (TPSA) is 15.3 Å². The fraction of sp³-hybridized carbons (Fsp3) is 1.00. The van der Waals surface area contributed by atoms with E-state index < -0.39 is 0 Å². The van der Waals surface area contributed by atoms with Crippen LogP contribution in [0.3, 0.4) is 0 Å². The van der Waals surface area contributed by atoms with Crippen LogP contribution in [0.4, 0.5) is 0 Å². The minimum absolute atomic E-state index is 0.486. The van der Waals surface area contributed by atoms with E-state index in [1.807, 2.05) is 0 Å². The molecule has 0 bridgehead atoms. The third kappa shape index (κ3) is 0.882. The number of hydrogen-bond donors (Lipinski definition) is 1. The smallest absolute Gasteiger partial charge is 0.0394 e. The van der Waals surface area contributed by atoms with Crippen LogP contribution in [0.2, 0.25) is 0 Å². The van der Waals surface area contributed by atoms with Gasteiger partial charge in [-0.25, -0.2) is 0 Å². The van der Waals surface area contributed by atoms with Gasteiger partial charge in [0.15, 0.2) is 0 Å². The molecule has 1 N–H and O–H groups in total. The third-order valence-corrected chi connectivity index (χ3v) is 3.98. The van der Waals surface area contributed by atoms with Gasteiger partial charge in [0.1, 0.15) is 0 Å². The van der Waals surface area contributed by atoms with E-state index in [4.69, 9.17) is 0 Å². The van der Waals surface area contributed by atoms with E-state index in [1.54, 1.807) is 0 Å². The fourth-order valence-corrected chi connectivity index (χ4v) is 3.27. The Hall–Kier alpha value is -0.0800. The molecular weight excluding hydrogens is 148 g/mol. The lowest BCUT2D eigenvalue weighted by Crippen LogP contribution is -2.51. The summed E-state index contributed by atoms with van der Waals surface area (Å²) in [6.07, 6.45) is 2.68. The van der Waals surface area contributed by atoms with Crippen LogP contribution in [0.25, 0.3) is 0 Å². The van der Waals surface area contributed by atoms with Gasteiger partial charge >= 0.3 is 0 Å². The highest BCUT2D eigenvalue weighted by Gasteiger charge is 2.51. The Labute approximate surface area is 75.3 Å². The molecular formula is C10H20N2. The Morgan fingerprint density at radius 2 is 2.25 bits per heavy atom. The summed E-state index contributed by atoms with van der Waals surface area (Å²) in [6.45, 7) is 7.21. The van der Waals surface area contributed by atoms with Gasteiger partial charge in [-0.05, 0) is 32.4 Å². The zero-order valence-electron chi connectivity index (χ0n) is 8.43. The molecule has 2 fully saturated rings. The van der Waals surface area contributed by atoms with Gasteiger partial charge in [0.05, 0.1) is 0 Å². The molecule has 2 saturated heterocycles. The van der Waals surface area contributed by atoms with Crippen LogP contribution in [0.15, 0.2) is 0 Å². The van der Waals surface area contributed by atoms with E-state index in [0.717, 1.165) is 12.0 Å². The Morgan fingerprint density at radius 1 is 1.50 bits per heavy atom. The van der Waals surface area contributed by atoms with Crippen molar-refractivity contribution in [2.75, 3.05) is 20.1 Å². The van der Waals surface area contributed by atoms with E-state index in [2.05, 4.69) is 31.1 Å². The average molecular weight is 168 g/mol. The molecule has 2 atom stereocenters. The first-order valence-electron chi connectivity index (χ1n) is 5.12. The van der Waals surface area contributed by atoms with Crippen LogP contribution >= 0.6 is 0 Å². The lowest BCUT2D eigenvalue weighted by atomic mass is 9.81. The molecule has 2 heterocycles. The number of likely N-dealkylation sites (tertiary alicyclic amines) is 1. The lowest BCUT2D eigenvalue weighted by Gasteiger charge is -2.39. The summed E-state index contributed by atoms with van der Waals surface area (Å²) < 4.78 is 0. The molecule has 0 aliphatic carbocycles. The molecule has 2 aliphatic rings. The molecule has 2 aliphatic heterocycles. The highest BCUT2D eigenvalue weighted by Crippen LogP contribution is 2.40. The van der Waals surface area contributed by atoms with Gasteiger partial charge in [-0.3, -0.25) is 4.90 Å². The maximum absolute atomic E-state index is 3.63. The van der Waals surface area contributed by atoms with Gasteiger partial charge in [-0.1, -0.05) is 13.8 Å². The molecule has 2 rings (SSSR count). The number of nitrogens with zero attached hydrogens (tertiary/aromatic N) is 1. The molecule has 2 unspecified atom stereocenters. The third-order valence-electron chi connectivity index (χ3n) is 3.98. The fourth-order valence-electron chi connectivity index (χ4n) is 3.27. The predicted octanol–water partition coefficient (Wildman–Crippen LogP) is 1.08. The van der Waals surface area contributed by atoms with Gasteiger partial charge < -0.3 is 5.32 Å². The van der Waals surface area contributed by atoms with E-state index in [9.17, 15) is 0 Å². The quantitative estimate of drug-likeness (QED) is 0.630. The van der Waals surface area contributed by atoms with Gasteiger partial charge in [-0.2, -0.15) is 0 Å². The minimum atomic E-state index is 0.486. The zero-order valence-corrected chi connectivity index (χ0v) is 8.43. The van der Waals surface area contributed by atoms with Gasteiger partial charge in [-0.15, -0.1) is 0 Å². The second-order valence-corrected chi connectivity index (χ2v) is 4.61. The van der Waals surface area contributed by atoms with Crippen molar-refractivity contribution >= 4 is 0 Å². The molecule has 0 aromatic carbocycles. The summed E-state index contributed by atoms with van der Waals surface area (Å²) >= 11 is 0. The highest BCUT2D eigenvalue weighted by atomic mass is 15.3. The monoisotopic (exact) mass is 168 g/mol. The molecule has 12 heavy (non-hydrogen) atoms. The summed E-state index contributed by atoms with van der Waals surface area (Å²) in [6, 6.07) is 0.766. The molecule has 2 nitrogen and oxygen atoms in total. The maximum Gasteiger partial charge on any atom is 0.0394 e. The van der Waals surface area contributed by atoms with E-state index in [-0.39, 0.29) is 0 Å². The van der Waals surface area contributed by atoms with Crippen molar-refractivity contribution in [2.45, 2.75) is 38.3 Å². The van der Waals surface area contributed by atoms with E-state index in [1.165, 1.54) is 25.9 Å². The van der Waals surface area contributed by atoms with Crippen molar-refractivity contribution in [2.24, 2.45) is 5.92 Å². The van der Waals surface area contributed by atoms with Crippen LogP contribution in [-0.2, 0) is 0 Å². The van der Waals surface area contributed by atoms with Gasteiger partial charge in [0.2, 0.25) is 0 Å². The van der Waals surface area contributed by atoms with Crippen molar-refractivity contribution in [3.05, 3.63) is 0 Å². The predicted molar refractivity (Wildman–Crippen MR) is 51.2 cm³/mol. The molecule has 0 aromatic rings. The Bertz CT molecular complexity index is 179. The van der Waals surface area contributed by atoms with E-state index in [0.29, 0.717) is 5.54 Å². The highest BCUT2D eigenvalue weighted by molar-refractivity contribution is 5.10. The Balaban J connectivity index is 2.27. The molecule has 2 heteroatoms. The summed E-state index contributed by atoms with van der Waals surface area (Å²) in [5.41, 5.74) is 0.486. The Kier molecular flexibility index (Phi) is 1.92. The van der Waals surface area contributed by atoms with Crippen molar-refractivity contribution in [1.29, 1.82) is 0 Å². The van der Waals surface area contributed by atoms with Crippen molar-refractivity contribution < 1.29 is 0 Å². The lowest BCUT2D eigenvalue weighted by molar-refractivity contribution is 0.114. The average Bonchev–Trinajstić information content (AvgIpc) is 2.52. The second kappa shape index (κ2) is 2.71. The molecule has 0 saturated carbocycles. The largest absolute Gasteiger partial charge is 0.312 e. The van der Waals surface area contributed by atoms with Crippen molar-refractivity contribution in [3.8, 4) is 0 Å². The molecule has 0 radical (unpaired) electrons. The Morgan fingerprint density at radius 3 is 2.83 bits per heavy atom. The summed E-state index contributed by atoms with van der Waals surface area (Å²) in [5.74, 6) is 0.782. The number of likely N-dealkylation sites (N-methyl/N-ethyl adjacent to an activating group) is 1. The SMILES string of the molecule is CC(C)C12CCNC1CCN2C. The zero-order chi connectivity index (χ0) is 8.77. The van der Waals surface area contributed by atoms with Crippen LogP contribution in [0, 0.1) is 5.92 Å². The van der Waals surface area contributed by atoms with Gasteiger partial charge in [0, 0.05) is 18.1 Å². The first-order chi connectivity index (χ1) is 5.68. The standard InChI is InChI=1S/C10H20N2/c1-8(2)10-5-6-11-9(10)4-7-12(10)3/h8-9,11H,4-7H2,1-3H3. The van der Waals surface area contributed by atoms with Crippen molar-refractivity contribution in [3.63, 3.8) is 0 Å². The summed E-state index contributed by atoms with van der Waals surface area (Å²) in [7, 11) is 2.28. The van der Waals surface area contributed by atoms with E-state index >= 15 is 0 Å². The van der Waals surface area contributed by atoms with Crippen LogP contribution in [0.1, 0.15) is 26.7 Å². The molecule has 0 amide bonds. The first kappa shape index (κ1) is 8.52. The molecule has 0 aromatic heterocycles. The molecule has 0 spiro atoms. The van der Waals surface area contributed by atoms with Crippen LogP contribution in [-0.4, -0.2) is 36.6 Å². The molecule has 70 valence electrons. The minimum Gasteiger partial charge on any atom is -0.312 e. The first-order valence-corrected chi connectivity index (χ1v) is 5.12. The van der Waals surface area contributed by atoms with Crippen molar-refractivity contribution in [1.82, 2.24) is 10.2 Å². The maximum atomic E-state index is 3.63. The number of hydrogen-bond acceptors (Lipinski definition) is 2. The number of rotatable bonds is 1. The second-order valence-electron chi connectivity index (χ2n) is 4.61. The number of fused-ring (bicyclic) bond motifs is 1. The summed E-state index contributed by atoms with van der Waals surface area (Å²) in [5, 5.41) is 3.63. The van der Waals surface area contributed by atoms with Crippen LogP contribution in [0.5, 0.6) is 0 Å². The van der Waals surface area contributed by atoms with Crippen LogP contribution < -0.4 is 5.32 Å². The summed E-state index contributed by atoms with van der Waals surface area (Å²) in [4.78, 5) is 2.57. The van der Waals surface area contributed by atoms with Gasteiger partial charge in [0.25, 0.3) is 0 Å². The normalized spacial score (nSPS) is 42.5.